The van der Waals surface area contributed by atoms with Crippen molar-refractivity contribution < 1.29 is 14.3 Å². The smallest absolute Gasteiger partial charge is 0.237 e. The van der Waals surface area contributed by atoms with Gasteiger partial charge in [0, 0.05) is 44.8 Å². The summed E-state index contributed by atoms with van der Waals surface area (Å²) in [5.41, 5.74) is 0.496. The van der Waals surface area contributed by atoms with Crippen molar-refractivity contribution in [3.63, 3.8) is 0 Å². The predicted molar refractivity (Wildman–Crippen MR) is 82.8 cm³/mol. The van der Waals surface area contributed by atoms with E-state index in [1.165, 1.54) is 6.07 Å². The van der Waals surface area contributed by atoms with Crippen LogP contribution in [0.4, 0.5) is 4.39 Å². The van der Waals surface area contributed by atoms with Crippen LogP contribution >= 0.6 is 0 Å². The molecule has 2 N–H and O–H groups in total. The third kappa shape index (κ3) is 4.50. The van der Waals surface area contributed by atoms with Gasteiger partial charge in [-0.05, 0) is 13.0 Å². The molecule has 22 heavy (non-hydrogen) atoms. The molecule has 0 unspecified atom stereocenters. The average molecular weight is 309 g/mol. The number of aliphatic hydroxyl groups is 1. The van der Waals surface area contributed by atoms with Gasteiger partial charge in [0.15, 0.2) is 0 Å². The maximum atomic E-state index is 13.5. The number of amides is 1. The van der Waals surface area contributed by atoms with Crippen LogP contribution in [-0.2, 0) is 11.3 Å². The summed E-state index contributed by atoms with van der Waals surface area (Å²) < 4.78 is 13.5. The van der Waals surface area contributed by atoms with Crippen LogP contribution in [-0.4, -0.2) is 66.2 Å². The standard InChI is InChI=1S/C16H24FN3O2/c1-13(20-8-6-19(7-9-20)10-11-21)16(22)18-12-14-4-2-3-5-15(14)17/h2-5,13,21H,6-12H2,1H3,(H,18,22)/t13-/m0/s1. The molecule has 1 aliphatic heterocycles. The molecule has 1 aromatic carbocycles. The lowest BCUT2D eigenvalue weighted by Crippen LogP contribution is -2.54. The second-order valence-electron chi connectivity index (χ2n) is 5.59. The van der Waals surface area contributed by atoms with Crippen LogP contribution in [0.15, 0.2) is 24.3 Å². The molecule has 0 radical (unpaired) electrons. The molecule has 0 spiro atoms. The Morgan fingerprint density at radius 2 is 2.00 bits per heavy atom. The minimum Gasteiger partial charge on any atom is -0.395 e. The Hall–Kier alpha value is -1.50. The molecule has 1 aromatic rings. The van der Waals surface area contributed by atoms with E-state index in [0.29, 0.717) is 12.1 Å². The molecule has 1 saturated heterocycles. The fourth-order valence-corrected chi connectivity index (χ4v) is 2.65. The van der Waals surface area contributed by atoms with Crippen LogP contribution in [0.5, 0.6) is 0 Å². The summed E-state index contributed by atoms with van der Waals surface area (Å²) in [6, 6.07) is 6.23. The summed E-state index contributed by atoms with van der Waals surface area (Å²) in [5.74, 6) is -0.382. The fraction of sp³-hybridized carbons (Fsp3) is 0.562. The third-order valence-electron chi connectivity index (χ3n) is 4.16. The summed E-state index contributed by atoms with van der Waals surface area (Å²) in [4.78, 5) is 16.5. The summed E-state index contributed by atoms with van der Waals surface area (Å²) in [5, 5.41) is 11.7. The molecule has 0 aromatic heterocycles. The number of halogens is 1. The number of β-amino-alcohol motifs (C(OH)–C–C–N with tert-alkyl or cyclic N) is 1. The Balaban J connectivity index is 1.79. The zero-order chi connectivity index (χ0) is 15.9. The molecule has 1 amide bonds. The zero-order valence-electron chi connectivity index (χ0n) is 13.0. The molecular weight excluding hydrogens is 285 g/mol. The molecule has 0 aliphatic carbocycles. The first-order valence-electron chi connectivity index (χ1n) is 7.70. The molecule has 1 fully saturated rings. The summed E-state index contributed by atoms with van der Waals surface area (Å²) in [7, 11) is 0. The van der Waals surface area contributed by atoms with Gasteiger partial charge in [-0.15, -0.1) is 0 Å². The Morgan fingerprint density at radius 3 is 2.64 bits per heavy atom. The van der Waals surface area contributed by atoms with Crippen LogP contribution < -0.4 is 5.32 Å². The second kappa shape index (κ2) is 8.22. The van der Waals surface area contributed by atoms with E-state index in [0.717, 1.165) is 26.2 Å². The number of carbonyl (C=O) groups is 1. The topological polar surface area (TPSA) is 55.8 Å². The van der Waals surface area contributed by atoms with Crippen LogP contribution in [0, 0.1) is 5.82 Å². The lowest BCUT2D eigenvalue weighted by molar-refractivity contribution is -0.126. The number of carbonyl (C=O) groups excluding carboxylic acids is 1. The highest BCUT2D eigenvalue weighted by atomic mass is 19.1. The van der Waals surface area contributed by atoms with Gasteiger partial charge in [0.1, 0.15) is 5.82 Å². The second-order valence-corrected chi connectivity index (χ2v) is 5.59. The number of rotatable bonds is 6. The van der Waals surface area contributed by atoms with Gasteiger partial charge in [0.25, 0.3) is 0 Å². The van der Waals surface area contributed by atoms with E-state index in [1.54, 1.807) is 18.2 Å². The van der Waals surface area contributed by atoms with E-state index in [1.807, 2.05) is 6.92 Å². The van der Waals surface area contributed by atoms with Crippen LogP contribution in [0.2, 0.25) is 0 Å². The number of nitrogens with one attached hydrogen (secondary N) is 1. The van der Waals surface area contributed by atoms with Gasteiger partial charge < -0.3 is 10.4 Å². The van der Waals surface area contributed by atoms with Gasteiger partial charge >= 0.3 is 0 Å². The van der Waals surface area contributed by atoms with Gasteiger partial charge in [-0.25, -0.2) is 4.39 Å². The van der Waals surface area contributed by atoms with Gasteiger partial charge in [-0.3, -0.25) is 14.6 Å². The van der Waals surface area contributed by atoms with Crippen molar-refractivity contribution in [3.8, 4) is 0 Å². The predicted octanol–water partition coefficient (Wildman–Crippen LogP) is 0.440. The fourth-order valence-electron chi connectivity index (χ4n) is 2.65. The Labute approximate surface area is 130 Å². The number of nitrogens with zero attached hydrogens (tertiary/aromatic N) is 2. The summed E-state index contributed by atoms with van der Waals surface area (Å²) in [6.45, 7) is 6.23. The highest BCUT2D eigenvalue weighted by Crippen LogP contribution is 2.08. The van der Waals surface area contributed by atoms with E-state index in [4.69, 9.17) is 5.11 Å². The van der Waals surface area contributed by atoms with Crippen molar-refractivity contribution in [1.29, 1.82) is 0 Å². The molecule has 0 bridgehead atoms. The minimum absolute atomic E-state index is 0.0844. The van der Waals surface area contributed by atoms with E-state index < -0.39 is 0 Å². The Bertz CT molecular complexity index is 490. The minimum atomic E-state index is -0.298. The van der Waals surface area contributed by atoms with E-state index in [-0.39, 0.29) is 30.9 Å². The average Bonchev–Trinajstić information content (AvgIpc) is 2.54. The van der Waals surface area contributed by atoms with Gasteiger partial charge in [0.2, 0.25) is 5.91 Å². The van der Waals surface area contributed by atoms with E-state index >= 15 is 0 Å². The largest absolute Gasteiger partial charge is 0.395 e. The first kappa shape index (κ1) is 16.9. The van der Waals surface area contributed by atoms with Crippen molar-refractivity contribution in [3.05, 3.63) is 35.6 Å². The van der Waals surface area contributed by atoms with E-state index in [9.17, 15) is 9.18 Å². The third-order valence-corrected chi connectivity index (χ3v) is 4.16. The normalized spacial score (nSPS) is 18.1. The van der Waals surface area contributed by atoms with Gasteiger partial charge in [-0.1, -0.05) is 18.2 Å². The molecule has 5 nitrogen and oxygen atoms in total. The monoisotopic (exact) mass is 309 g/mol. The number of piperazine rings is 1. The summed E-state index contributed by atoms with van der Waals surface area (Å²) in [6.07, 6.45) is 0. The number of benzene rings is 1. The van der Waals surface area contributed by atoms with Crippen molar-refractivity contribution >= 4 is 5.91 Å². The summed E-state index contributed by atoms with van der Waals surface area (Å²) >= 11 is 0. The van der Waals surface area contributed by atoms with Crippen molar-refractivity contribution in [2.75, 3.05) is 39.3 Å². The maximum absolute atomic E-state index is 13.5. The number of hydrogen-bond acceptors (Lipinski definition) is 4. The molecular formula is C16H24FN3O2. The zero-order valence-corrected chi connectivity index (χ0v) is 13.0. The molecule has 6 heteroatoms. The lowest BCUT2D eigenvalue weighted by atomic mass is 10.2. The maximum Gasteiger partial charge on any atom is 0.237 e. The van der Waals surface area contributed by atoms with Crippen LogP contribution in [0.1, 0.15) is 12.5 Å². The first-order chi connectivity index (χ1) is 10.6. The van der Waals surface area contributed by atoms with Gasteiger partial charge in [0.05, 0.1) is 12.6 Å². The molecule has 1 atom stereocenters. The Morgan fingerprint density at radius 1 is 1.32 bits per heavy atom. The SMILES string of the molecule is C[C@@H](C(=O)NCc1ccccc1F)N1CCN(CCO)CC1. The van der Waals surface area contributed by atoms with Gasteiger partial charge in [-0.2, -0.15) is 0 Å². The molecule has 122 valence electrons. The van der Waals surface area contributed by atoms with Crippen LogP contribution in [0.25, 0.3) is 0 Å². The highest BCUT2D eigenvalue weighted by Gasteiger charge is 2.25. The van der Waals surface area contributed by atoms with Crippen molar-refractivity contribution in [2.45, 2.75) is 19.5 Å². The van der Waals surface area contributed by atoms with Crippen LogP contribution in [0.3, 0.4) is 0 Å². The first-order valence-corrected chi connectivity index (χ1v) is 7.70. The Kier molecular flexibility index (Phi) is 6.30. The van der Waals surface area contributed by atoms with Crippen molar-refractivity contribution in [2.24, 2.45) is 0 Å². The highest BCUT2D eigenvalue weighted by molar-refractivity contribution is 5.81. The number of hydrogen-bond donors (Lipinski definition) is 2. The van der Waals surface area contributed by atoms with E-state index in [2.05, 4.69) is 15.1 Å². The quantitative estimate of drug-likeness (QED) is 0.801. The lowest BCUT2D eigenvalue weighted by Gasteiger charge is -2.37. The molecule has 1 aliphatic rings. The molecule has 0 saturated carbocycles. The molecule has 1 heterocycles. The molecule has 2 rings (SSSR count). The van der Waals surface area contributed by atoms with Crippen molar-refractivity contribution in [1.82, 2.24) is 15.1 Å². The number of aliphatic hydroxyl groups excluding tert-OH is 1.